The normalized spacial score (nSPS) is 11.7. The van der Waals surface area contributed by atoms with Gasteiger partial charge >= 0.3 is 0 Å². The molecule has 12 aromatic rings. The third-order valence-corrected chi connectivity index (χ3v) is 11.6. The highest BCUT2D eigenvalue weighted by Gasteiger charge is 2.20. The minimum absolute atomic E-state index is 0.573. The zero-order valence-corrected chi connectivity index (χ0v) is 32.2. The number of rotatable bonds is 6. The van der Waals surface area contributed by atoms with Crippen LogP contribution in [0.4, 0.5) is 0 Å². The minimum Gasteiger partial charge on any atom is -0.454 e. The molecule has 12 rings (SSSR count). The van der Waals surface area contributed by atoms with Crippen LogP contribution >= 0.6 is 0 Å². The molecule has 0 spiro atoms. The Bertz CT molecular complexity index is 3590. The fraction of sp³-hybridized carbons (Fsp3) is 0. The molecule has 60 heavy (non-hydrogen) atoms. The molecule has 0 N–H and O–H groups in total. The molecule has 280 valence electrons. The molecule has 0 bridgehead atoms. The zero-order valence-electron chi connectivity index (χ0n) is 32.2. The largest absolute Gasteiger partial charge is 0.454 e. The maximum absolute atomic E-state index is 6.21. The van der Waals surface area contributed by atoms with E-state index >= 15 is 0 Å². The van der Waals surface area contributed by atoms with Gasteiger partial charge in [0.1, 0.15) is 5.58 Å². The molecule has 0 aliphatic heterocycles. The Labute approximate surface area is 344 Å². The summed E-state index contributed by atoms with van der Waals surface area (Å²) in [7, 11) is 0. The highest BCUT2D eigenvalue weighted by Crippen LogP contribution is 2.41. The number of hydrogen-bond acceptors (Lipinski definition) is 5. The smallest absolute Gasteiger partial charge is 0.164 e. The number of aromatic nitrogens is 5. The Hall–Kier alpha value is -8.22. The Morgan fingerprint density at radius 3 is 1.88 bits per heavy atom. The molecule has 0 amide bonds. The average Bonchev–Trinajstić information content (AvgIpc) is 3.88. The molecule has 8 aromatic carbocycles. The SMILES string of the molecule is c1ccc(-c2ccc3c(c2)c2c4ccccc4ccc2n3-c2ccc(-c3ccccc3-c3nc(-c4ccccc4)nc(-c4cccc5oc6cnccc6c45)n3)cc2)cc1. The lowest BCUT2D eigenvalue weighted by Crippen LogP contribution is -2.01. The van der Waals surface area contributed by atoms with Crippen molar-refractivity contribution in [3.05, 3.63) is 200 Å². The summed E-state index contributed by atoms with van der Waals surface area (Å²) in [6, 6.07) is 65.9. The van der Waals surface area contributed by atoms with Gasteiger partial charge in [0.2, 0.25) is 0 Å². The van der Waals surface area contributed by atoms with E-state index in [4.69, 9.17) is 19.4 Å². The van der Waals surface area contributed by atoms with E-state index in [1.807, 2.05) is 54.6 Å². The predicted octanol–water partition coefficient (Wildman–Crippen LogP) is 13.8. The maximum atomic E-state index is 6.21. The van der Waals surface area contributed by atoms with Crippen molar-refractivity contribution < 1.29 is 4.42 Å². The molecule has 0 saturated carbocycles. The van der Waals surface area contributed by atoms with Crippen LogP contribution in [0.5, 0.6) is 0 Å². The highest BCUT2D eigenvalue weighted by molar-refractivity contribution is 6.22. The third kappa shape index (κ3) is 5.50. The maximum Gasteiger partial charge on any atom is 0.164 e. The van der Waals surface area contributed by atoms with Crippen LogP contribution in [0.25, 0.3) is 117 Å². The van der Waals surface area contributed by atoms with E-state index in [9.17, 15) is 0 Å². The summed E-state index contributed by atoms with van der Waals surface area (Å²) in [5, 5.41) is 6.87. The van der Waals surface area contributed by atoms with Gasteiger partial charge in [0.05, 0.1) is 17.2 Å². The van der Waals surface area contributed by atoms with Gasteiger partial charge in [-0.2, -0.15) is 0 Å². The third-order valence-electron chi connectivity index (χ3n) is 11.6. The number of benzene rings is 8. The van der Waals surface area contributed by atoms with Crippen LogP contribution in [0.2, 0.25) is 0 Å². The van der Waals surface area contributed by atoms with E-state index in [1.165, 1.54) is 38.2 Å². The van der Waals surface area contributed by atoms with Crippen molar-refractivity contribution in [1.82, 2.24) is 24.5 Å². The lowest BCUT2D eigenvalue weighted by molar-refractivity contribution is 0.667. The van der Waals surface area contributed by atoms with Crippen LogP contribution in [-0.2, 0) is 0 Å². The van der Waals surface area contributed by atoms with E-state index in [-0.39, 0.29) is 0 Å². The first kappa shape index (κ1) is 33.9. The van der Waals surface area contributed by atoms with Gasteiger partial charge in [0, 0.05) is 50.1 Å². The van der Waals surface area contributed by atoms with Crippen LogP contribution in [0.1, 0.15) is 0 Å². The fourth-order valence-electron chi connectivity index (χ4n) is 8.80. The molecule has 0 atom stereocenters. The second kappa shape index (κ2) is 13.7. The first-order valence-corrected chi connectivity index (χ1v) is 20.0. The van der Waals surface area contributed by atoms with Crippen molar-refractivity contribution in [3.63, 3.8) is 0 Å². The van der Waals surface area contributed by atoms with Gasteiger partial charge in [-0.3, -0.25) is 4.98 Å². The Morgan fingerprint density at radius 2 is 1.05 bits per heavy atom. The molecular weight excluding hydrogens is 735 g/mol. The van der Waals surface area contributed by atoms with E-state index in [2.05, 4.69) is 143 Å². The summed E-state index contributed by atoms with van der Waals surface area (Å²) < 4.78 is 8.60. The van der Waals surface area contributed by atoms with E-state index in [0.29, 0.717) is 17.5 Å². The predicted molar refractivity (Wildman–Crippen MR) is 244 cm³/mol. The molecule has 0 fully saturated rings. The number of nitrogens with zero attached hydrogens (tertiary/aromatic N) is 5. The Kier molecular flexibility index (Phi) is 7.74. The van der Waals surface area contributed by atoms with Crippen LogP contribution in [-0.4, -0.2) is 24.5 Å². The number of furan rings is 1. The van der Waals surface area contributed by atoms with Gasteiger partial charge in [0.25, 0.3) is 0 Å². The molecule has 4 heterocycles. The highest BCUT2D eigenvalue weighted by atomic mass is 16.3. The van der Waals surface area contributed by atoms with Crippen molar-refractivity contribution in [2.24, 2.45) is 0 Å². The first-order valence-electron chi connectivity index (χ1n) is 20.0. The summed E-state index contributed by atoms with van der Waals surface area (Å²) in [4.78, 5) is 19.7. The van der Waals surface area contributed by atoms with Gasteiger partial charge < -0.3 is 8.98 Å². The first-order chi connectivity index (χ1) is 29.7. The topological polar surface area (TPSA) is 69.6 Å². The number of pyridine rings is 1. The lowest BCUT2D eigenvalue weighted by Gasteiger charge is -2.13. The molecule has 0 aliphatic carbocycles. The Morgan fingerprint density at radius 1 is 0.383 bits per heavy atom. The van der Waals surface area contributed by atoms with Crippen LogP contribution in [0, 0.1) is 0 Å². The molecular formula is C54H33N5O. The summed E-state index contributed by atoms with van der Waals surface area (Å²) in [5.41, 5.74) is 12.1. The molecule has 0 aliphatic rings. The van der Waals surface area contributed by atoms with Crippen molar-refractivity contribution >= 4 is 54.5 Å². The minimum atomic E-state index is 0.573. The zero-order chi connectivity index (χ0) is 39.6. The molecule has 6 heteroatoms. The van der Waals surface area contributed by atoms with Crippen LogP contribution < -0.4 is 0 Å². The quantitative estimate of drug-likeness (QED) is 0.168. The van der Waals surface area contributed by atoms with Crippen molar-refractivity contribution in [2.45, 2.75) is 0 Å². The summed E-state index contributed by atoms with van der Waals surface area (Å²) >= 11 is 0. The Balaban J connectivity index is 1.01. The van der Waals surface area contributed by atoms with Crippen LogP contribution in [0.15, 0.2) is 205 Å². The average molecular weight is 768 g/mol. The van der Waals surface area contributed by atoms with Gasteiger partial charge in [-0.15, -0.1) is 0 Å². The molecule has 0 radical (unpaired) electrons. The van der Waals surface area contributed by atoms with Gasteiger partial charge in [-0.05, 0) is 75.5 Å². The van der Waals surface area contributed by atoms with Crippen LogP contribution in [0.3, 0.4) is 0 Å². The summed E-state index contributed by atoms with van der Waals surface area (Å²) in [5.74, 6) is 1.76. The number of hydrogen-bond donors (Lipinski definition) is 0. The monoisotopic (exact) mass is 767 g/mol. The second-order valence-electron chi connectivity index (χ2n) is 15.0. The second-order valence-corrected chi connectivity index (χ2v) is 15.0. The van der Waals surface area contributed by atoms with Crippen molar-refractivity contribution in [1.29, 1.82) is 0 Å². The number of fused-ring (bicyclic) bond motifs is 8. The summed E-state index contributed by atoms with van der Waals surface area (Å²) in [6.07, 6.45) is 3.54. The molecule has 0 saturated heterocycles. The fourth-order valence-corrected chi connectivity index (χ4v) is 8.80. The van der Waals surface area contributed by atoms with Gasteiger partial charge in [-0.25, -0.2) is 15.0 Å². The van der Waals surface area contributed by atoms with Crippen molar-refractivity contribution in [3.8, 4) is 62.1 Å². The molecule has 4 aromatic heterocycles. The molecule has 0 unspecified atom stereocenters. The van der Waals surface area contributed by atoms with Crippen molar-refractivity contribution in [2.75, 3.05) is 0 Å². The standard InChI is InChI=1S/C54H33N5O/c1-3-12-34(13-4-1)38-25-28-46-45(32-38)50-41-18-8-7-14-35(41)24-29-47(50)59(46)39-26-22-36(23-27-39)40-17-9-10-19-42(40)53-56-52(37-15-5-2-6-16-37)57-54(58-53)44-20-11-21-48-51(44)43-30-31-55-33-49(43)60-48/h1-33H. The van der Waals surface area contributed by atoms with E-state index in [0.717, 1.165) is 61.0 Å². The summed E-state index contributed by atoms with van der Waals surface area (Å²) in [6.45, 7) is 0. The van der Waals surface area contributed by atoms with Gasteiger partial charge in [0.15, 0.2) is 23.1 Å². The van der Waals surface area contributed by atoms with E-state index in [1.54, 1.807) is 12.4 Å². The van der Waals surface area contributed by atoms with E-state index < -0.39 is 0 Å². The molecule has 6 nitrogen and oxygen atoms in total. The van der Waals surface area contributed by atoms with Gasteiger partial charge in [-0.1, -0.05) is 146 Å². The lowest BCUT2D eigenvalue weighted by atomic mass is 9.98.